The Morgan fingerprint density at radius 2 is 2.24 bits per heavy atom. The number of ether oxygens (including phenoxy) is 1. The van der Waals surface area contributed by atoms with Gasteiger partial charge in [-0.25, -0.2) is 9.97 Å². The summed E-state index contributed by atoms with van der Waals surface area (Å²) in [5, 5.41) is 0.265. The van der Waals surface area contributed by atoms with Gasteiger partial charge < -0.3 is 4.74 Å². The average molecular weight is 247 g/mol. The van der Waals surface area contributed by atoms with E-state index in [4.69, 9.17) is 16.3 Å². The number of aryl methyl sites for hydroxylation is 1. The van der Waals surface area contributed by atoms with Gasteiger partial charge in [-0.2, -0.15) is 0 Å². The van der Waals surface area contributed by atoms with Crippen LogP contribution in [0.15, 0.2) is 24.4 Å². The minimum absolute atomic E-state index is 0.265. The number of para-hydroxylation sites is 1. The van der Waals surface area contributed by atoms with Gasteiger partial charge in [0.1, 0.15) is 5.75 Å². The summed E-state index contributed by atoms with van der Waals surface area (Å²) >= 11 is 5.85. The highest BCUT2D eigenvalue weighted by atomic mass is 35.5. The van der Waals surface area contributed by atoms with E-state index in [1.807, 2.05) is 19.1 Å². The minimum atomic E-state index is 0.265. The Hall–Kier alpha value is -1.61. The van der Waals surface area contributed by atoms with Crippen LogP contribution in [0, 0.1) is 6.92 Å². The molecule has 3 nitrogen and oxygen atoms in total. The van der Waals surface area contributed by atoms with Crippen molar-refractivity contribution < 1.29 is 4.74 Å². The second-order valence-electron chi connectivity index (χ2n) is 4.06. The maximum Gasteiger partial charge on any atom is 0.222 e. The Kier molecular flexibility index (Phi) is 2.48. The lowest BCUT2D eigenvalue weighted by Crippen LogP contribution is -1.94. The molecule has 0 spiro atoms. The topological polar surface area (TPSA) is 35.0 Å². The maximum absolute atomic E-state index is 5.85. The molecule has 86 valence electrons. The number of halogens is 1. The van der Waals surface area contributed by atoms with Gasteiger partial charge in [-0.05, 0) is 35.7 Å². The zero-order chi connectivity index (χ0) is 11.8. The van der Waals surface area contributed by atoms with E-state index in [-0.39, 0.29) is 5.28 Å². The number of fused-ring (bicyclic) bond motifs is 1. The van der Waals surface area contributed by atoms with E-state index in [0.717, 1.165) is 35.6 Å². The van der Waals surface area contributed by atoms with Gasteiger partial charge in [0.15, 0.2) is 0 Å². The number of aromatic nitrogens is 2. The van der Waals surface area contributed by atoms with E-state index in [0.29, 0.717) is 0 Å². The molecule has 17 heavy (non-hydrogen) atoms. The molecule has 2 aromatic rings. The molecule has 2 heterocycles. The largest absolute Gasteiger partial charge is 0.492 e. The molecular weight excluding hydrogens is 236 g/mol. The summed E-state index contributed by atoms with van der Waals surface area (Å²) in [4.78, 5) is 8.27. The predicted molar refractivity (Wildman–Crippen MR) is 66.4 cm³/mol. The van der Waals surface area contributed by atoms with E-state index < -0.39 is 0 Å². The van der Waals surface area contributed by atoms with E-state index in [9.17, 15) is 0 Å². The molecule has 3 rings (SSSR count). The fraction of sp³-hybridized carbons (Fsp3) is 0.231. The predicted octanol–water partition coefficient (Wildman–Crippen LogP) is 3.04. The van der Waals surface area contributed by atoms with Gasteiger partial charge in [0, 0.05) is 18.2 Å². The van der Waals surface area contributed by atoms with Gasteiger partial charge in [0.05, 0.1) is 12.3 Å². The summed E-state index contributed by atoms with van der Waals surface area (Å²) in [7, 11) is 0. The second kappa shape index (κ2) is 4.00. The van der Waals surface area contributed by atoms with E-state index in [2.05, 4.69) is 16.0 Å². The zero-order valence-electron chi connectivity index (χ0n) is 9.40. The highest BCUT2D eigenvalue weighted by Crippen LogP contribution is 2.37. The SMILES string of the molecule is Cc1cnc(Cl)nc1-c1cccc2c1OCC2. The van der Waals surface area contributed by atoms with Gasteiger partial charge in [0.2, 0.25) is 5.28 Å². The van der Waals surface area contributed by atoms with Gasteiger partial charge >= 0.3 is 0 Å². The van der Waals surface area contributed by atoms with Crippen LogP contribution in [-0.2, 0) is 6.42 Å². The van der Waals surface area contributed by atoms with Crippen molar-refractivity contribution in [3.8, 4) is 17.0 Å². The number of benzene rings is 1. The molecule has 1 aromatic carbocycles. The number of nitrogens with zero attached hydrogens (tertiary/aromatic N) is 2. The van der Waals surface area contributed by atoms with E-state index in [1.54, 1.807) is 6.20 Å². The van der Waals surface area contributed by atoms with Crippen molar-refractivity contribution in [3.63, 3.8) is 0 Å². The van der Waals surface area contributed by atoms with Crippen LogP contribution in [0.1, 0.15) is 11.1 Å². The van der Waals surface area contributed by atoms with Crippen molar-refractivity contribution >= 4 is 11.6 Å². The average Bonchev–Trinajstić information content (AvgIpc) is 2.80. The number of rotatable bonds is 1. The molecule has 0 atom stereocenters. The maximum atomic E-state index is 5.85. The van der Waals surface area contributed by atoms with Crippen LogP contribution in [-0.4, -0.2) is 16.6 Å². The van der Waals surface area contributed by atoms with Crippen molar-refractivity contribution in [3.05, 3.63) is 40.8 Å². The lowest BCUT2D eigenvalue weighted by molar-refractivity contribution is 0.358. The van der Waals surface area contributed by atoms with Gasteiger partial charge in [-0.3, -0.25) is 0 Å². The third kappa shape index (κ3) is 1.76. The normalized spacial score (nSPS) is 13.3. The summed E-state index contributed by atoms with van der Waals surface area (Å²) in [5.74, 6) is 0.936. The molecular formula is C13H11ClN2O. The van der Waals surface area contributed by atoms with Crippen molar-refractivity contribution in [1.82, 2.24) is 9.97 Å². The Labute approximate surface area is 104 Å². The Morgan fingerprint density at radius 1 is 1.35 bits per heavy atom. The second-order valence-corrected chi connectivity index (χ2v) is 4.40. The Morgan fingerprint density at radius 3 is 3.12 bits per heavy atom. The minimum Gasteiger partial charge on any atom is -0.492 e. The van der Waals surface area contributed by atoms with Crippen molar-refractivity contribution in [2.24, 2.45) is 0 Å². The first-order chi connectivity index (χ1) is 8.25. The van der Waals surface area contributed by atoms with Crippen LogP contribution < -0.4 is 4.74 Å². The molecule has 0 bridgehead atoms. The monoisotopic (exact) mass is 246 g/mol. The molecule has 0 saturated carbocycles. The summed E-state index contributed by atoms with van der Waals surface area (Å²) in [6, 6.07) is 6.12. The fourth-order valence-corrected chi connectivity index (χ4v) is 2.23. The van der Waals surface area contributed by atoms with Gasteiger partial charge in [0.25, 0.3) is 0 Å². The highest BCUT2D eigenvalue weighted by molar-refractivity contribution is 6.28. The summed E-state index contributed by atoms with van der Waals surface area (Å²) in [6.45, 7) is 2.71. The molecule has 0 N–H and O–H groups in total. The van der Waals surface area contributed by atoms with Crippen LogP contribution in [0.2, 0.25) is 5.28 Å². The van der Waals surface area contributed by atoms with Gasteiger partial charge in [-0.15, -0.1) is 0 Å². The third-order valence-electron chi connectivity index (χ3n) is 2.91. The van der Waals surface area contributed by atoms with E-state index in [1.165, 1.54) is 5.56 Å². The standard InChI is InChI=1S/C13H11ClN2O/c1-8-7-15-13(14)16-11(8)10-4-2-3-9-5-6-17-12(9)10/h2-4,7H,5-6H2,1H3. The molecule has 0 aliphatic carbocycles. The first-order valence-corrected chi connectivity index (χ1v) is 5.88. The van der Waals surface area contributed by atoms with Gasteiger partial charge in [-0.1, -0.05) is 12.1 Å². The lowest BCUT2D eigenvalue weighted by atomic mass is 10.0. The summed E-state index contributed by atoms with van der Waals surface area (Å²) in [6.07, 6.45) is 2.69. The molecule has 0 fully saturated rings. The zero-order valence-corrected chi connectivity index (χ0v) is 10.2. The fourth-order valence-electron chi connectivity index (χ4n) is 2.09. The van der Waals surface area contributed by atoms with Crippen LogP contribution in [0.5, 0.6) is 5.75 Å². The quantitative estimate of drug-likeness (QED) is 0.726. The molecule has 0 amide bonds. The van der Waals surface area contributed by atoms with Crippen molar-refractivity contribution in [1.29, 1.82) is 0 Å². The van der Waals surface area contributed by atoms with Crippen LogP contribution in [0.25, 0.3) is 11.3 Å². The van der Waals surface area contributed by atoms with Crippen molar-refractivity contribution in [2.45, 2.75) is 13.3 Å². The third-order valence-corrected chi connectivity index (χ3v) is 3.09. The first-order valence-electron chi connectivity index (χ1n) is 5.50. The first kappa shape index (κ1) is 10.5. The smallest absolute Gasteiger partial charge is 0.222 e. The molecule has 1 aromatic heterocycles. The lowest BCUT2D eigenvalue weighted by Gasteiger charge is -2.09. The number of hydrogen-bond donors (Lipinski definition) is 0. The molecule has 0 saturated heterocycles. The summed E-state index contributed by atoms with van der Waals surface area (Å²) in [5.41, 5.74) is 4.08. The Bertz CT molecular complexity index is 584. The van der Waals surface area contributed by atoms with Crippen LogP contribution in [0.4, 0.5) is 0 Å². The molecule has 1 aliphatic heterocycles. The van der Waals surface area contributed by atoms with Crippen molar-refractivity contribution in [2.75, 3.05) is 6.61 Å². The van der Waals surface area contributed by atoms with Crippen LogP contribution in [0.3, 0.4) is 0 Å². The highest BCUT2D eigenvalue weighted by Gasteiger charge is 2.19. The van der Waals surface area contributed by atoms with E-state index >= 15 is 0 Å². The Balaban J connectivity index is 2.22. The molecule has 0 radical (unpaired) electrons. The van der Waals surface area contributed by atoms with Crippen LogP contribution >= 0.6 is 11.6 Å². The summed E-state index contributed by atoms with van der Waals surface area (Å²) < 4.78 is 5.68. The number of hydrogen-bond acceptors (Lipinski definition) is 3. The molecule has 4 heteroatoms. The molecule has 1 aliphatic rings. The molecule has 0 unspecified atom stereocenters.